The molecule has 2 aromatic heterocycles. The molecule has 7 heteroatoms. The number of anilines is 4. The maximum atomic E-state index is 12.7. The molecule has 29 heavy (non-hydrogen) atoms. The Morgan fingerprint density at radius 3 is 2.48 bits per heavy atom. The van der Waals surface area contributed by atoms with Crippen LogP contribution in [0.3, 0.4) is 0 Å². The van der Waals surface area contributed by atoms with Crippen LogP contribution in [-0.4, -0.2) is 35.0 Å². The number of para-hydroxylation sites is 1. The minimum Gasteiger partial charge on any atom is -0.378 e. The van der Waals surface area contributed by atoms with Crippen LogP contribution in [0.4, 0.5) is 23.0 Å². The lowest BCUT2D eigenvalue weighted by molar-refractivity contribution is 0.102. The number of carbonyl (C=O) groups excluding carboxylic acids is 1. The molecule has 0 bridgehead atoms. The molecule has 2 N–H and O–H groups in total. The molecule has 144 valence electrons. The number of hydrogen-bond acceptors (Lipinski definition) is 6. The Hall–Kier alpha value is -4.00. The Morgan fingerprint density at radius 1 is 0.897 bits per heavy atom. The predicted octanol–water partition coefficient (Wildman–Crippen LogP) is 4.09. The van der Waals surface area contributed by atoms with Crippen molar-refractivity contribution in [2.75, 3.05) is 29.6 Å². The monoisotopic (exact) mass is 384 g/mol. The molecule has 0 saturated heterocycles. The van der Waals surface area contributed by atoms with Gasteiger partial charge in [0.25, 0.3) is 5.91 Å². The van der Waals surface area contributed by atoms with Crippen molar-refractivity contribution in [3.8, 4) is 0 Å². The summed E-state index contributed by atoms with van der Waals surface area (Å²) in [6.45, 7) is 0. The fraction of sp³-hybridized carbons (Fsp3) is 0.0909. The molecular formula is C22H20N6O. The Balaban J connectivity index is 1.52. The van der Waals surface area contributed by atoms with Crippen molar-refractivity contribution in [2.45, 2.75) is 0 Å². The summed E-state index contributed by atoms with van der Waals surface area (Å²) in [6.07, 6.45) is 3.26. The zero-order valence-corrected chi connectivity index (χ0v) is 16.1. The van der Waals surface area contributed by atoms with Gasteiger partial charge in [0.05, 0.1) is 11.2 Å². The molecule has 1 amide bonds. The molecule has 0 atom stereocenters. The molecule has 0 aliphatic carbocycles. The highest BCUT2D eigenvalue weighted by Crippen LogP contribution is 2.22. The number of benzene rings is 2. The quantitative estimate of drug-likeness (QED) is 0.539. The highest BCUT2D eigenvalue weighted by molar-refractivity contribution is 6.07. The van der Waals surface area contributed by atoms with Crippen molar-refractivity contribution in [2.24, 2.45) is 0 Å². The van der Waals surface area contributed by atoms with E-state index in [1.807, 2.05) is 73.6 Å². The van der Waals surface area contributed by atoms with E-state index < -0.39 is 0 Å². The lowest BCUT2D eigenvalue weighted by Crippen LogP contribution is -2.15. The first-order valence-electron chi connectivity index (χ1n) is 9.13. The summed E-state index contributed by atoms with van der Waals surface area (Å²) in [5.41, 5.74) is 3.57. The van der Waals surface area contributed by atoms with E-state index in [2.05, 4.69) is 25.6 Å². The number of nitrogens with zero attached hydrogens (tertiary/aromatic N) is 4. The normalized spacial score (nSPS) is 10.6. The number of amides is 1. The number of rotatable bonds is 5. The highest BCUT2D eigenvalue weighted by Gasteiger charge is 2.12. The fourth-order valence-electron chi connectivity index (χ4n) is 2.91. The Labute approximate surface area is 168 Å². The van der Waals surface area contributed by atoms with Crippen LogP contribution < -0.4 is 15.5 Å². The van der Waals surface area contributed by atoms with Crippen LogP contribution in [-0.2, 0) is 0 Å². The van der Waals surface area contributed by atoms with Gasteiger partial charge in [0.1, 0.15) is 5.69 Å². The highest BCUT2D eigenvalue weighted by atomic mass is 16.1. The maximum Gasteiger partial charge on any atom is 0.274 e. The molecule has 2 heterocycles. The standard InChI is InChI=1S/C22H20N6O/c1-28(2)17-10-8-16(9-11-17)25-22-24-14-12-19(27-22)21(29)26-18-7-3-5-15-6-4-13-23-20(15)18/h3-14H,1-2H3,(H,26,29)(H,24,25,27). The van der Waals surface area contributed by atoms with Crippen molar-refractivity contribution in [1.82, 2.24) is 15.0 Å². The van der Waals surface area contributed by atoms with Crippen LogP contribution in [0.15, 0.2) is 73.1 Å². The van der Waals surface area contributed by atoms with Gasteiger partial charge >= 0.3 is 0 Å². The summed E-state index contributed by atoms with van der Waals surface area (Å²) in [5.74, 6) is 0.0304. The summed E-state index contributed by atoms with van der Waals surface area (Å²) in [5, 5.41) is 6.97. The third-order valence-corrected chi connectivity index (χ3v) is 4.41. The molecule has 0 unspecified atom stereocenters. The third kappa shape index (κ3) is 4.14. The molecule has 0 aliphatic rings. The molecular weight excluding hydrogens is 364 g/mol. The Kier molecular flexibility index (Phi) is 5.03. The Morgan fingerprint density at radius 2 is 1.69 bits per heavy atom. The van der Waals surface area contributed by atoms with Gasteiger partial charge in [-0.25, -0.2) is 9.97 Å². The van der Waals surface area contributed by atoms with Gasteiger partial charge in [-0.1, -0.05) is 18.2 Å². The van der Waals surface area contributed by atoms with Gasteiger partial charge in [0.2, 0.25) is 5.95 Å². The second kappa shape index (κ2) is 7.93. The number of pyridine rings is 1. The van der Waals surface area contributed by atoms with E-state index in [0.717, 1.165) is 22.3 Å². The molecule has 4 rings (SSSR count). The van der Waals surface area contributed by atoms with Crippen LogP contribution in [0, 0.1) is 0 Å². The molecule has 7 nitrogen and oxygen atoms in total. The molecule has 0 fully saturated rings. The zero-order chi connectivity index (χ0) is 20.2. The number of nitrogens with one attached hydrogen (secondary N) is 2. The third-order valence-electron chi connectivity index (χ3n) is 4.41. The number of fused-ring (bicyclic) bond motifs is 1. The van der Waals surface area contributed by atoms with E-state index in [1.54, 1.807) is 18.5 Å². The zero-order valence-electron chi connectivity index (χ0n) is 16.1. The van der Waals surface area contributed by atoms with E-state index >= 15 is 0 Å². The van der Waals surface area contributed by atoms with Crippen LogP contribution in [0.25, 0.3) is 10.9 Å². The first-order chi connectivity index (χ1) is 14.1. The largest absolute Gasteiger partial charge is 0.378 e. The smallest absolute Gasteiger partial charge is 0.274 e. The molecule has 0 saturated carbocycles. The lowest BCUT2D eigenvalue weighted by atomic mass is 10.2. The van der Waals surface area contributed by atoms with E-state index in [0.29, 0.717) is 11.6 Å². The van der Waals surface area contributed by atoms with Crippen molar-refractivity contribution < 1.29 is 4.79 Å². The van der Waals surface area contributed by atoms with Gasteiger partial charge in [0, 0.05) is 43.3 Å². The fourth-order valence-corrected chi connectivity index (χ4v) is 2.91. The van der Waals surface area contributed by atoms with Crippen LogP contribution in [0.5, 0.6) is 0 Å². The van der Waals surface area contributed by atoms with Crippen LogP contribution in [0.1, 0.15) is 10.5 Å². The second-order valence-corrected chi connectivity index (χ2v) is 6.67. The average Bonchev–Trinajstić information content (AvgIpc) is 2.74. The van der Waals surface area contributed by atoms with Crippen molar-refractivity contribution in [3.63, 3.8) is 0 Å². The van der Waals surface area contributed by atoms with Crippen molar-refractivity contribution >= 4 is 39.8 Å². The van der Waals surface area contributed by atoms with Crippen LogP contribution in [0.2, 0.25) is 0 Å². The topological polar surface area (TPSA) is 83.0 Å². The van der Waals surface area contributed by atoms with Gasteiger partial charge in [-0.3, -0.25) is 9.78 Å². The second-order valence-electron chi connectivity index (χ2n) is 6.67. The SMILES string of the molecule is CN(C)c1ccc(Nc2nccc(C(=O)Nc3cccc4cccnc34)n2)cc1. The molecule has 2 aromatic carbocycles. The predicted molar refractivity (Wildman–Crippen MR) is 116 cm³/mol. The van der Waals surface area contributed by atoms with E-state index in [1.165, 1.54) is 0 Å². The summed E-state index contributed by atoms with van der Waals surface area (Å²) >= 11 is 0. The number of carbonyl (C=O) groups is 1. The first kappa shape index (κ1) is 18.4. The van der Waals surface area contributed by atoms with Gasteiger partial charge in [0.15, 0.2) is 0 Å². The molecule has 0 spiro atoms. The number of aromatic nitrogens is 3. The maximum absolute atomic E-state index is 12.7. The van der Waals surface area contributed by atoms with E-state index in [-0.39, 0.29) is 11.6 Å². The molecule has 0 radical (unpaired) electrons. The average molecular weight is 384 g/mol. The van der Waals surface area contributed by atoms with Gasteiger partial charge in [-0.2, -0.15) is 0 Å². The summed E-state index contributed by atoms with van der Waals surface area (Å²) in [7, 11) is 3.97. The van der Waals surface area contributed by atoms with Crippen molar-refractivity contribution in [1.29, 1.82) is 0 Å². The minimum atomic E-state index is -0.323. The summed E-state index contributed by atoms with van der Waals surface area (Å²) in [6, 6.07) is 18.9. The minimum absolute atomic E-state index is 0.264. The Bertz CT molecular complexity index is 1150. The van der Waals surface area contributed by atoms with E-state index in [9.17, 15) is 4.79 Å². The van der Waals surface area contributed by atoms with Crippen LogP contribution >= 0.6 is 0 Å². The van der Waals surface area contributed by atoms with Gasteiger partial charge in [-0.15, -0.1) is 0 Å². The van der Waals surface area contributed by atoms with E-state index in [4.69, 9.17) is 0 Å². The van der Waals surface area contributed by atoms with Gasteiger partial charge in [-0.05, 0) is 42.5 Å². The molecule has 4 aromatic rings. The van der Waals surface area contributed by atoms with Crippen molar-refractivity contribution in [3.05, 3.63) is 78.8 Å². The first-order valence-corrected chi connectivity index (χ1v) is 9.13. The number of hydrogen-bond donors (Lipinski definition) is 2. The lowest BCUT2D eigenvalue weighted by Gasteiger charge is -2.13. The summed E-state index contributed by atoms with van der Waals surface area (Å²) in [4.78, 5) is 27.6. The molecule has 0 aliphatic heterocycles. The van der Waals surface area contributed by atoms with Gasteiger partial charge < -0.3 is 15.5 Å². The summed E-state index contributed by atoms with van der Waals surface area (Å²) < 4.78 is 0.